The maximum Gasteiger partial charge on any atom is 0.0121 e. The van der Waals surface area contributed by atoms with Crippen LogP contribution in [0.3, 0.4) is 0 Å². The van der Waals surface area contributed by atoms with Crippen LogP contribution in [-0.2, 0) is 0 Å². The van der Waals surface area contributed by atoms with Gasteiger partial charge in [-0.1, -0.05) is 48.0 Å². The van der Waals surface area contributed by atoms with Gasteiger partial charge in [0, 0.05) is 6.04 Å². The van der Waals surface area contributed by atoms with Gasteiger partial charge in [-0.05, 0) is 55.4 Å². The maximum atomic E-state index is 3.84. The third kappa shape index (κ3) is 4.26. The van der Waals surface area contributed by atoms with Crippen LogP contribution in [0.25, 0.3) is 0 Å². The molecule has 0 spiro atoms. The van der Waals surface area contributed by atoms with Crippen LogP contribution in [0.4, 0.5) is 0 Å². The van der Waals surface area contributed by atoms with Gasteiger partial charge in [0.15, 0.2) is 0 Å². The Bertz CT molecular complexity index is 222. The standard InChI is InChI=1S/C17H35N/c1-7-10-18-17(13(4)5)16-11-14(6)8-9-15(16)12(2)3/h12-18H,7-11H2,1-6H3. The lowest BCUT2D eigenvalue weighted by Gasteiger charge is -2.43. The average molecular weight is 253 g/mol. The van der Waals surface area contributed by atoms with Crippen molar-refractivity contribution in [1.29, 1.82) is 0 Å². The van der Waals surface area contributed by atoms with E-state index in [0.717, 1.165) is 35.6 Å². The zero-order valence-corrected chi connectivity index (χ0v) is 13.5. The van der Waals surface area contributed by atoms with E-state index in [1.54, 1.807) is 0 Å². The van der Waals surface area contributed by atoms with Crippen molar-refractivity contribution < 1.29 is 0 Å². The van der Waals surface area contributed by atoms with Crippen molar-refractivity contribution in [3.05, 3.63) is 0 Å². The zero-order valence-electron chi connectivity index (χ0n) is 13.5. The fraction of sp³-hybridized carbons (Fsp3) is 1.00. The molecular weight excluding hydrogens is 218 g/mol. The van der Waals surface area contributed by atoms with Crippen LogP contribution in [-0.4, -0.2) is 12.6 Å². The highest BCUT2D eigenvalue weighted by molar-refractivity contribution is 4.89. The molecule has 1 fully saturated rings. The number of hydrogen-bond acceptors (Lipinski definition) is 1. The van der Waals surface area contributed by atoms with E-state index in [9.17, 15) is 0 Å². The lowest BCUT2D eigenvalue weighted by Crippen LogP contribution is -2.47. The SMILES string of the molecule is CCCNC(C(C)C)C1CC(C)CCC1C(C)C. The molecular formula is C17H35N. The fourth-order valence-electron chi connectivity index (χ4n) is 3.88. The molecule has 0 aromatic heterocycles. The Kier molecular flexibility index (Phi) is 6.70. The second-order valence-electron chi connectivity index (χ2n) is 7.21. The monoisotopic (exact) mass is 253 g/mol. The fourth-order valence-corrected chi connectivity index (χ4v) is 3.88. The van der Waals surface area contributed by atoms with Crippen LogP contribution in [0.15, 0.2) is 0 Å². The normalized spacial score (nSPS) is 31.0. The van der Waals surface area contributed by atoms with Gasteiger partial charge in [0.1, 0.15) is 0 Å². The maximum absolute atomic E-state index is 3.84. The second kappa shape index (κ2) is 7.53. The van der Waals surface area contributed by atoms with E-state index in [2.05, 4.69) is 46.9 Å². The van der Waals surface area contributed by atoms with Gasteiger partial charge in [0.25, 0.3) is 0 Å². The van der Waals surface area contributed by atoms with E-state index in [1.807, 2.05) is 0 Å². The average Bonchev–Trinajstić information content (AvgIpc) is 2.28. The molecule has 1 heteroatoms. The molecule has 0 aromatic carbocycles. The highest BCUT2D eigenvalue weighted by Crippen LogP contribution is 2.41. The summed E-state index contributed by atoms with van der Waals surface area (Å²) < 4.78 is 0. The van der Waals surface area contributed by atoms with Gasteiger partial charge in [-0.15, -0.1) is 0 Å². The Morgan fingerprint density at radius 2 is 1.72 bits per heavy atom. The van der Waals surface area contributed by atoms with E-state index in [1.165, 1.54) is 32.2 Å². The molecule has 4 atom stereocenters. The van der Waals surface area contributed by atoms with Crippen molar-refractivity contribution in [2.24, 2.45) is 29.6 Å². The molecule has 0 aliphatic heterocycles. The summed E-state index contributed by atoms with van der Waals surface area (Å²) in [5.41, 5.74) is 0. The van der Waals surface area contributed by atoms with Crippen LogP contribution in [0.1, 0.15) is 67.2 Å². The topological polar surface area (TPSA) is 12.0 Å². The molecule has 1 rings (SSSR count). The molecule has 1 nitrogen and oxygen atoms in total. The summed E-state index contributed by atoms with van der Waals surface area (Å²) >= 11 is 0. The van der Waals surface area contributed by atoms with Crippen molar-refractivity contribution in [2.45, 2.75) is 73.3 Å². The third-order valence-corrected chi connectivity index (χ3v) is 4.88. The molecule has 108 valence electrons. The minimum absolute atomic E-state index is 0.722. The molecule has 18 heavy (non-hydrogen) atoms. The van der Waals surface area contributed by atoms with Crippen LogP contribution in [0.5, 0.6) is 0 Å². The zero-order chi connectivity index (χ0) is 13.7. The van der Waals surface area contributed by atoms with E-state index in [-0.39, 0.29) is 0 Å². The van der Waals surface area contributed by atoms with Gasteiger partial charge < -0.3 is 5.32 Å². The summed E-state index contributed by atoms with van der Waals surface area (Å²) in [5, 5.41) is 3.84. The molecule has 0 radical (unpaired) electrons. The Morgan fingerprint density at radius 1 is 1.06 bits per heavy atom. The Morgan fingerprint density at radius 3 is 2.22 bits per heavy atom. The first-order valence-electron chi connectivity index (χ1n) is 8.20. The number of nitrogens with one attached hydrogen (secondary N) is 1. The first-order valence-corrected chi connectivity index (χ1v) is 8.20. The van der Waals surface area contributed by atoms with E-state index in [4.69, 9.17) is 0 Å². The van der Waals surface area contributed by atoms with Gasteiger partial charge in [0.05, 0.1) is 0 Å². The third-order valence-electron chi connectivity index (χ3n) is 4.88. The molecule has 0 amide bonds. The molecule has 0 bridgehead atoms. The quantitative estimate of drug-likeness (QED) is 0.722. The largest absolute Gasteiger partial charge is 0.313 e. The first-order chi connectivity index (χ1) is 8.47. The van der Waals surface area contributed by atoms with E-state index in [0.29, 0.717) is 0 Å². The summed E-state index contributed by atoms with van der Waals surface area (Å²) in [6, 6.07) is 0.722. The highest BCUT2D eigenvalue weighted by atomic mass is 14.9. The van der Waals surface area contributed by atoms with Crippen molar-refractivity contribution in [3.63, 3.8) is 0 Å². The predicted molar refractivity (Wildman–Crippen MR) is 81.8 cm³/mol. The smallest absolute Gasteiger partial charge is 0.0121 e. The van der Waals surface area contributed by atoms with Crippen LogP contribution >= 0.6 is 0 Å². The number of hydrogen-bond donors (Lipinski definition) is 1. The van der Waals surface area contributed by atoms with E-state index >= 15 is 0 Å². The second-order valence-corrected chi connectivity index (χ2v) is 7.21. The predicted octanol–water partition coefficient (Wildman–Crippen LogP) is 4.72. The van der Waals surface area contributed by atoms with Crippen molar-refractivity contribution in [2.75, 3.05) is 6.54 Å². The minimum Gasteiger partial charge on any atom is -0.313 e. The van der Waals surface area contributed by atoms with Crippen molar-refractivity contribution in [1.82, 2.24) is 5.32 Å². The summed E-state index contributed by atoms with van der Waals surface area (Å²) in [5.74, 6) is 4.34. The van der Waals surface area contributed by atoms with Crippen LogP contribution in [0, 0.1) is 29.6 Å². The van der Waals surface area contributed by atoms with Crippen molar-refractivity contribution in [3.8, 4) is 0 Å². The Labute approximate surface area is 115 Å². The molecule has 0 saturated heterocycles. The lowest BCUT2D eigenvalue weighted by molar-refractivity contribution is 0.0901. The lowest BCUT2D eigenvalue weighted by atomic mass is 9.65. The molecule has 0 aromatic rings. The summed E-state index contributed by atoms with van der Waals surface area (Å²) in [6.07, 6.45) is 5.57. The summed E-state index contributed by atoms with van der Waals surface area (Å²) in [7, 11) is 0. The molecule has 1 aliphatic carbocycles. The Hall–Kier alpha value is -0.0400. The molecule has 4 unspecified atom stereocenters. The van der Waals surface area contributed by atoms with Gasteiger partial charge in [0.2, 0.25) is 0 Å². The number of rotatable bonds is 6. The summed E-state index contributed by atoms with van der Waals surface area (Å²) in [4.78, 5) is 0. The van der Waals surface area contributed by atoms with Crippen molar-refractivity contribution >= 4 is 0 Å². The molecule has 1 saturated carbocycles. The van der Waals surface area contributed by atoms with Crippen LogP contribution < -0.4 is 5.32 Å². The Balaban J connectivity index is 2.75. The molecule has 1 N–H and O–H groups in total. The summed E-state index contributed by atoms with van der Waals surface area (Å²) in [6.45, 7) is 15.5. The first kappa shape index (κ1) is 16.0. The minimum atomic E-state index is 0.722. The van der Waals surface area contributed by atoms with Crippen LogP contribution in [0.2, 0.25) is 0 Å². The molecule has 0 heterocycles. The van der Waals surface area contributed by atoms with Gasteiger partial charge >= 0.3 is 0 Å². The molecule has 1 aliphatic rings. The van der Waals surface area contributed by atoms with Gasteiger partial charge in [-0.3, -0.25) is 0 Å². The van der Waals surface area contributed by atoms with E-state index < -0.39 is 0 Å². The van der Waals surface area contributed by atoms with Gasteiger partial charge in [-0.25, -0.2) is 0 Å². The highest BCUT2D eigenvalue weighted by Gasteiger charge is 2.36. The van der Waals surface area contributed by atoms with Gasteiger partial charge in [-0.2, -0.15) is 0 Å².